The van der Waals surface area contributed by atoms with Crippen molar-refractivity contribution in [3.05, 3.63) is 60.7 Å². The standard InChI is InChI=1S/C20H25N3O3/c1-23(17-9-4-2-5-10-17)14-8-13-21-19(24)15-22-20(25)16-26-18-11-6-3-7-12-18/h2-7,9-12H,8,13-16H2,1H3,(H,21,24)(H,22,25). The van der Waals surface area contributed by atoms with Gasteiger partial charge in [0.25, 0.3) is 5.91 Å². The Hall–Kier alpha value is -3.02. The van der Waals surface area contributed by atoms with E-state index in [4.69, 9.17) is 4.74 Å². The van der Waals surface area contributed by atoms with E-state index in [9.17, 15) is 9.59 Å². The van der Waals surface area contributed by atoms with Gasteiger partial charge < -0.3 is 20.3 Å². The molecular weight excluding hydrogens is 330 g/mol. The van der Waals surface area contributed by atoms with Gasteiger partial charge in [-0.3, -0.25) is 9.59 Å². The molecule has 2 aromatic carbocycles. The van der Waals surface area contributed by atoms with Crippen LogP contribution in [0.25, 0.3) is 0 Å². The first-order chi connectivity index (χ1) is 12.6. The van der Waals surface area contributed by atoms with E-state index in [2.05, 4.69) is 15.5 Å². The Balaban J connectivity index is 1.54. The summed E-state index contributed by atoms with van der Waals surface area (Å²) in [5.41, 5.74) is 1.14. The van der Waals surface area contributed by atoms with E-state index in [0.717, 1.165) is 18.7 Å². The van der Waals surface area contributed by atoms with Crippen molar-refractivity contribution in [2.75, 3.05) is 38.2 Å². The van der Waals surface area contributed by atoms with Crippen LogP contribution >= 0.6 is 0 Å². The number of ether oxygens (including phenoxy) is 1. The summed E-state index contributed by atoms with van der Waals surface area (Å²) in [6.45, 7) is 1.23. The summed E-state index contributed by atoms with van der Waals surface area (Å²) >= 11 is 0. The summed E-state index contributed by atoms with van der Waals surface area (Å²) < 4.78 is 5.32. The first-order valence-corrected chi connectivity index (χ1v) is 8.62. The summed E-state index contributed by atoms with van der Waals surface area (Å²) in [5, 5.41) is 5.34. The molecule has 0 unspecified atom stereocenters. The predicted octanol–water partition coefficient (Wildman–Crippen LogP) is 1.82. The molecule has 6 nitrogen and oxygen atoms in total. The maximum Gasteiger partial charge on any atom is 0.258 e. The summed E-state index contributed by atoms with van der Waals surface area (Å²) in [5.74, 6) is 0.0860. The van der Waals surface area contributed by atoms with Gasteiger partial charge in [0.1, 0.15) is 5.75 Å². The third kappa shape index (κ3) is 7.25. The van der Waals surface area contributed by atoms with Crippen LogP contribution in [0.2, 0.25) is 0 Å². The van der Waals surface area contributed by atoms with Crippen LogP contribution < -0.4 is 20.3 Å². The first-order valence-electron chi connectivity index (χ1n) is 8.62. The molecule has 0 heterocycles. The fourth-order valence-corrected chi connectivity index (χ4v) is 2.31. The van der Waals surface area contributed by atoms with Crippen molar-refractivity contribution in [2.24, 2.45) is 0 Å². The molecule has 138 valence electrons. The Labute approximate surface area is 154 Å². The van der Waals surface area contributed by atoms with Gasteiger partial charge in [-0.25, -0.2) is 0 Å². The number of anilines is 1. The molecule has 0 spiro atoms. The third-order valence-corrected chi connectivity index (χ3v) is 3.75. The van der Waals surface area contributed by atoms with E-state index >= 15 is 0 Å². The van der Waals surface area contributed by atoms with Crippen LogP contribution in [0.15, 0.2) is 60.7 Å². The van der Waals surface area contributed by atoms with Crippen molar-refractivity contribution in [3.8, 4) is 5.75 Å². The second-order valence-electron chi connectivity index (χ2n) is 5.84. The zero-order chi connectivity index (χ0) is 18.6. The van der Waals surface area contributed by atoms with E-state index in [1.165, 1.54) is 0 Å². The third-order valence-electron chi connectivity index (χ3n) is 3.75. The van der Waals surface area contributed by atoms with Gasteiger partial charge in [-0.05, 0) is 30.7 Å². The van der Waals surface area contributed by atoms with Gasteiger partial charge >= 0.3 is 0 Å². The Morgan fingerprint density at radius 3 is 2.27 bits per heavy atom. The molecule has 2 aromatic rings. The molecule has 6 heteroatoms. The van der Waals surface area contributed by atoms with Gasteiger partial charge in [-0.1, -0.05) is 36.4 Å². The summed E-state index contributed by atoms with van der Waals surface area (Å²) in [4.78, 5) is 25.6. The molecule has 0 atom stereocenters. The molecule has 0 aliphatic rings. The smallest absolute Gasteiger partial charge is 0.258 e. The number of para-hydroxylation sites is 2. The number of hydrogen-bond acceptors (Lipinski definition) is 4. The maximum absolute atomic E-state index is 11.8. The Kier molecular flexibility index (Phi) is 7.99. The van der Waals surface area contributed by atoms with Crippen LogP contribution in [0.5, 0.6) is 5.75 Å². The number of amides is 2. The maximum atomic E-state index is 11.8. The van der Waals surface area contributed by atoms with Crippen molar-refractivity contribution < 1.29 is 14.3 Å². The zero-order valence-electron chi connectivity index (χ0n) is 15.0. The molecule has 0 saturated carbocycles. The minimum Gasteiger partial charge on any atom is -0.484 e. The number of nitrogens with zero attached hydrogens (tertiary/aromatic N) is 1. The second-order valence-corrected chi connectivity index (χ2v) is 5.84. The highest BCUT2D eigenvalue weighted by molar-refractivity contribution is 5.85. The van der Waals surface area contributed by atoms with Crippen LogP contribution in [-0.4, -0.2) is 45.1 Å². The van der Waals surface area contributed by atoms with Gasteiger partial charge in [0.05, 0.1) is 6.54 Å². The lowest BCUT2D eigenvalue weighted by atomic mass is 10.3. The lowest BCUT2D eigenvalue weighted by molar-refractivity contribution is -0.127. The van der Waals surface area contributed by atoms with Crippen LogP contribution in [0.4, 0.5) is 5.69 Å². The van der Waals surface area contributed by atoms with E-state index < -0.39 is 0 Å². The fourth-order valence-electron chi connectivity index (χ4n) is 2.31. The van der Waals surface area contributed by atoms with Crippen LogP contribution in [0.3, 0.4) is 0 Å². The molecule has 0 fully saturated rings. The number of carbonyl (C=O) groups excluding carboxylic acids is 2. The number of hydrogen-bond donors (Lipinski definition) is 2. The van der Waals surface area contributed by atoms with Crippen LogP contribution in [0.1, 0.15) is 6.42 Å². The first kappa shape index (κ1) is 19.3. The van der Waals surface area contributed by atoms with Crippen molar-refractivity contribution in [3.63, 3.8) is 0 Å². The number of benzene rings is 2. The fraction of sp³-hybridized carbons (Fsp3) is 0.300. The predicted molar refractivity (Wildman–Crippen MR) is 102 cm³/mol. The molecule has 2 amide bonds. The van der Waals surface area contributed by atoms with E-state index in [-0.39, 0.29) is 25.0 Å². The molecule has 0 aliphatic heterocycles. The largest absolute Gasteiger partial charge is 0.484 e. The lowest BCUT2D eigenvalue weighted by Crippen LogP contribution is -2.39. The van der Waals surface area contributed by atoms with E-state index in [1.807, 2.05) is 55.6 Å². The zero-order valence-corrected chi connectivity index (χ0v) is 15.0. The normalized spacial score (nSPS) is 10.0. The van der Waals surface area contributed by atoms with Gasteiger partial charge in [0.15, 0.2) is 6.61 Å². The molecule has 0 bridgehead atoms. The highest BCUT2D eigenvalue weighted by Crippen LogP contribution is 2.10. The average Bonchev–Trinajstić information content (AvgIpc) is 2.69. The molecule has 2 rings (SSSR count). The highest BCUT2D eigenvalue weighted by Gasteiger charge is 2.06. The van der Waals surface area contributed by atoms with Gasteiger partial charge in [-0.2, -0.15) is 0 Å². The topological polar surface area (TPSA) is 70.7 Å². The molecule has 0 saturated heterocycles. The monoisotopic (exact) mass is 355 g/mol. The Morgan fingerprint density at radius 1 is 0.923 bits per heavy atom. The summed E-state index contributed by atoms with van der Waals surface area (Å²) in [7, 11) is 2.02. The molecule has 0 aromatic heterocycles. The van der Waals surface area contributed by atoms with Gasteiger partial charge in [0.2, 0.25) is 5.91 Å². The quantitative estimate of drug-likeness (QED) is 0.638. The molecule has 26 heavy (non-hydrogen) atoms. The van der Waals surface area contributed by atoms with E-state index in [1.54, 1.807) is 12.1 Å². The SMILES string of the molecule is CN(CCCNC(=O)CNC(=O)COc1ccccc1)c1ccccc1. The van der Waals surface area contributed by atoms with Gasteiger partial charge in [-0.15, -0.1) is 0 Å². The van der Waals surface area contributed by atoms with Crippen molar-refractivity contribution in [2.45, 2.75) is 6.42 Å². The van der Waals surface area contributed by atoms with Crippen molar-refractivity contribution >= 4 is 17.5 Å². The number of carbonyl (C=O) groups is 2. The minimum absolute atomic E-state index is 0.0501. The minimum atomic E-state index is -0.326. The number of rotatable bonds is 10. The summed E-state index contributed by atoms with van der Waals surface area (Å²) in [6, 6.07) is 19.1. The Bertz CT molecular complexity index is 677. The molecule has 2 N–H and O–H groups in total. The average molecular weight is 355 g/mol. The second kappa shape index (κ2) is 10.8. The van der Waals surface area contributed by atoms with Gasteiger partial charge in [0, 0.05) is 25.8 Å². The molecule has 0 aliphatic carbocycles. The van der Waals surface area contributed by atoms with Crippen molar-refractivity contribution in [1.29, 1.82) is 0 Å². The molecule has 0 radical (unpaired) electrons. The lowest BCUT2D eigenvalue weighted by Gasteiger charge is -2.19. The van der Waals surface area contributed by atoms with Crippen LogP contribution in [0, 0.1) is 0 Å². The number of nitrogens with one attached hydrogen (secondary N) is 2. The summed E-state index contributed by atoms with van der Waals surface area (Å²) in [6.07, 6.45) is 0.822. The van der Waals surface area contributed by atoms with Crippen LogP contribution in [-0.2, 0) is 9.59 Å². The van der Waals surface area contributed by atoms with Crippen molar-refractivity contribution in [1.82, 2.24) is 10.6 Å². The molecular formula is C20H25N3O3. The Morgan fingerprint density at radius 2 is 1.58 bits per heavy atom. The van der Waals surface area contributed by atoms with E-state index in [0.29, 0.717) is 12.3 Å². The highest BCUT2D eigenvalue weighted by atomic mass is 16.5.